The molecule has 1 aliphatic rings. The van der Waals surface area contributed by atoms with Gasteiger partial charge in [-0.25, -0.2) is 0 Å². The number of benzene rings is 10. The van der Waals surface area contributed by atoms with Crippen molar-refractivity contribution in [3.63, 3.8) is 0 Å². The van der Waals surface area contributed by atoms with Crippen molar-refractivity contribution in [3.05, 3.63) is 259 Å². The highest BCUT2D eigenvalue weighted by Gasteiger charge is 2.46. The van der Waals surface area contributed by atoms with Crippen LogP contribution in [0.15, 0.2) is 241 Å². The molecule has 11 aromatic rings. The standard InChI is InChI=1S/C59H39NO/c1-3-19-42(20-4-1)59(43-21-5-2-6-22-43)53-29-12-9-24-48(53)49-38-37-45(39-54(49)59)60(44-35-33-41(34-36-44)47-27-15-18-40-17-7-8-23-46(40)47)55-30-13-10-25-50(55)51-28-16-32-57-58(51)52-26-11-14-31-56(52)61-57/h1-39H. The van der Waals surface area contributed by atoms with Crippen molar-refractivity contribution in [2.75, 3.05) is 4.90 Å². The third-order valence-electron chi connectivity index (χ3n) is 12.8. The van der Waals surface area contributed by atoms with Crippen LogP contribution in [0.25, 0.3) is 66.1 Å². The van der Waals surface area contributed by atoms with Gasteiger partial charge in [-0.1, -0.05) is 194 Å². The highest BCUT2D eigenvalue weighted by atomic mass is 16.3. The minimum atomic E-state index is -0.533. The van der Waals surface area contributed by atoms with Gasteiger partial charge in [-0.2, -0.15) is 0 Å². The van der Waals surface area contributed by atoms with Crippen molar-refractivity contribution in [2.24, 2.45) is 0 Å². The van der Waals surface area contributed by atoms with E-state index in [1.165, 1.54) is 55.3 Å². The van der Waals surface area contributed by atoms with Crippen molar-refractivity contribution < 1.29 is 4.42 Å². The van der Waals surface area contributed by atoms with Gasteiger partial charge in [0.1, 0.15) is 11.2 Å². The first kappa shape index (κ1) is 35.0. The van der Waals surface area contributed by atoms with Gasteiger partial charge in [0.15, 0.2) is 0 Å². The molecule has 286 valence electrons. The third-order valence-corrected chi connectivity index (χ3v) is 12.8. The van der Waals surface area contributed by atoms with Gasteiger partial charge in [0.25, 0.3) is 0 Å². The first-order valence-electron chi connectivity index (χ1n) is 21.0. The number of hydrogen-bond donors (Lipinski definition) is 0. The van der Waals surface area contributed by atoms with E-state index in [0.717, 1.165) is 50.1 Å². The lowest BCUT2D eigenvalue weighted by Crippen LogP contribution is -2.28. The van der Waals surface area contributed by atoms with Crippen molar-refractivity contribution in [2.45, 2.75) is 5.41 Å². The van der Waals surface area contributed by atoms with E-state index < -0.39 is 5.41 Å². The van der Waals surface area contributed by atoms with Crippen LogP contribution in [-0.2, 0) is 5.41 Å². The average molecular weight is 778 g/mol. The topological polar surface area (TPSA) is 16.4 Å². The quantitative estimate of drug-likeness (QED) is 0.160. The van der Waals surface area contributed by atoms with Gasteiger partial charge in [0.05, 0.1) is 11.1 Å². The Morgan fingerprint density at radius 2 is 0.902 bits per heavy atom. The van der Waals surface area contributed by atoms with E-state index in [4.69, 9.17) is 4.42 Å². The monoisotopic (exact) mass is 777 g/mol. The van der Waals surface area contributed by atoms with Gasteiger partial charge >= 0.3 is 0 Å². The summed E-state index contributed by atoms with van der Waals surface area (Å²) in [6.45, 7) is 0. The van der Waals surface area contributed by atoms with Crippen molar-refractivity contribution in [1.82, 2.24) is 0 Å². The van der Waals surface area contributed by atoms with Gasteiger partial charge < -0.3 is 9.32 Å². The molecule has 1 heterocycles. The SMILES string of the molecule is c1ccc(C2(c3ccccc3)c3ccccc3-c3ccc(N(c4ccc(-c5cccc6ccccc56)cc4)c4ccccc4-c4cccc5oc6ccccc6c45)cc32)cc1. The van der Waals surface area contributed by atoms with E-state index in [2.05, 4.69) is 235 Å². The maximum atomic E-state index is 6.44. The number of nitrogens with zero attached hydrogens (tertiary/aromatic N) is 1. The first-order valence-corrected chi connectivity index (χ1v) is 21.0. The zero-order valence-electron chi connectivity index (χ0n) is 33.4. The highest BCUT2D eigenvalue weighted by molar-refractivity contribution is 6.14. The fourth-order valence-corrected chi connectivity index (χ4v) is 10.2. The molecule has 2 nitrogen and oxygen atoms in total. The van der Waals surface area contributed by atoms with Crippen LogP contribution in [0.3, 0.4) is 0 Å². The smallest absolute Gasteiger partial charge is 0.136 e. The molecule has 0 fully saturated rings. The summed E-state index contributed by atoms with van der Waals surface area (Å²) in [6, 6.07) is 86.1. The Balaban J connectivity index is 1.12. The van der Waals surface area contributed by atoms with E-state index in [9.17, 15) is 0 Å². The molecule has 0 spiro atoms. The lowest BCUT2D eigenvalue weighted by Gasteiger charge is -2.35. The molecule has 0 amide bonds. The van der Waals surface area contributed by atoms with E-state index in [1.807, 2.05) is 6.07 Å². The molecule has 1 aromatic heterocycles. The zero-order valence-corrected chi connectivity index (χ0v) is 33.4. The predicted octanol–water partition coefficient (Wildman–Crippen LogP) is 15.9. The van der Waals surface area contributed by atoms with Crippen molar-refractivity contribution >= 4 is 49.8 Å². The molecule has 0 atom stereocenters. The Morgan fingerprint density at radius 1 is 0.344 bits per heavy atom. The number of anilines is 3. The molecule has 0 radical (unpaired) electrons. The molecule has 0 unspecified atom stereocenters. The van der Waals surface area contributed by atoms with Crippen LogP contribution >= 0.6 is 0 Å². The Labute approximate surface area is 355 Å². The maximum Gasteiger partial charge on any atom is 0.136 e. The average Bonchev–Trinajstić information content (AvgIpc) is 3.86. The van der Waals surface area contributed by atoms with E-state index in [0.29, 0.717) is 0 Å². The molecule has 2 heteroatoms. The summed E-state index contributed by atoms with van der Waals surface area (Å²) in [7, 11) is 0. The molecular formula is C59H39NO. The second kappa shape index (κ2) is 14.1. The predicted molar refractivity (Wildman–Crippen MR) is 254 cm³/mol. The summed E-state index contributed by atoms with van der Waals surface area (Å²) < 4.78 is 6.44. The zero-order chi connectivity index (χ0) is 40.3. The summed E-state index contributed by atoms with van der Waals surface area (Å²) >= 11 is 0. The normalized spacial score (nSPS) is 12.7. The highest BCUT2D eigenvalue weighted by Crippen LogP contribution is 2.57. The van der Waals surface area contributed by atoms with E-state index >= 15 is 0 Å². The van der Waals surface area contributed by atoms with Crippen molar-refractivity contribution in [3.8, 4) is 33.4 Å². The number of rotatable bonds is 7. The van der Waals surface area contributed by atoms with E-state index in [-0.39, 0.29) is 0 Å². The summed E-state index contributed by atoms with van der Waals surface area (Å²) in [5, 5.41) is 4.71. The fourth-order valence-electron chi connectivity index (χ4n) is 10.2. The molecule has 0 saturated carbocycles. The molecule has 12 rings (SSSR count). The molecule has 0 N–H and O–H groups in total. The van der Waals surface area contributed by atoms with Gasteiger partial charge in [-0.15, -0.1) is 0 Å². The minimum absolute atomic E-state index is 0.533. The number of hydrogen-bond acceptors (Lipinski definition) is 2. The van der Waals surface area contributed by atoms with Gasteiger partial charge in [-0.05, 0) is 103 Å². The molecular weight excluding hydrogens is 739 g/mol. The summed E-state index contributed by atoms with van der Waals surface area (Å²) in [5.74, 6) is 0. The lowest BCUT2D eigenvalue weighted by atomic mass is 9.67. The van der Waals surface area contributed by atoms with Crippen LogP contribution in [-0.4, -0.2) is 0 Å². The van der Waals surface area contributed by atoms with E-state index in [1.54, 1.807) is 0 Å². The Morgan fingerprint density at radius 3 is 1.70 bits per heavy atom. The number of furan rings is 1. The minimum Gasteiger partial charge on any atom is -0.456 e. The summed E-state index contributed by atoms with van der Waals surface area (Å²) in [5.41, 5.74) is 16.7. The van der Waals surface area contributed by atoms with Crippen LogP contribution in [0, 0.1) is 0 Å². The Kier molecular flexibility index (Phi) is 8.11. The van der Waals surface area contributed by atoms with Crippen LogP contribution in [0.4, 0.5) is 17.1 Å². The lowest BCUT2D eigenvalue weighted by molar-refractivity contribution is 0.669. The molecule has 0 aliphatic heterocycles. The van der Waals surface area contributed by atoms with Gasteiger partial charge in [0, 0.05) is 27.7 Å². The third kappa shape index (κ3) is 5.43. The second-order valence-electron chi connectivity index (χ2n) is 16.0. The van der Waals surface area contributed by atoms with Crippen LogP contribution < -0.4 is 4.90 Å². The first-order chi connectivity index (χ1) is 30.3. The van der Waals surface area contributed by atoms with Crippen LogP contribution in [0.1, 0.15) is 22.3 Å². The van der Waals surface area contributed by atoms with Crippen molar-refractivity contribution in [1.29, 1.82) is 0 Å². The summed E-state index contributed by atoms with van der Waals surface area (Å²) in [6.07, 6.45) is 0. The second-order valence-corrected chi connectivity index (χ2v) is 16.0. The number of para-hydroxylation sites is 2. The molecule has 10 aromatic carbocycles. The maximum absolute atomic E-state index is 6.44. The number of fused-ring (bicyclic) bond motifs is 7. The summed E-state index contributed by atoms with van der Waals surface area (Å²) in [4.78, 5) is 2.45. The molecule has 1 aliphatic carbocycles. The van der Waals surface area contributed by atoms with Gasteiger partial charge in [0.2, 0.25) is 0 Å². The van der Waals surface area contributed by atoms with Crippen LogP contribution in [0.5, 0.6) is 0 Å². The molecule has 0 saturated heterocycles. The van der Waals surface area contributed by atoms with Crippen LogP contribution in [0.2, 0.25) is 0 Å². The largest absolute Gasteiger partial charge is 0.456 e. The fraction of sp³-hybridized carbons (Fsp3) is 0.0169. The molecule has 61 heavy (non-hydrogen) atoms. The Bertz CT molecular complexity index is 3370. The van der Waals surface area contributed by atoms with Gasteiger partial charge in [-0.3, -0.25) is 0 Å². The Hall–Kier alpha value is -7.94. The molecule has 0 bridgehead atoms.